The number of rotatable bonds is 17. The average molecular weight is 452 g/mol. The molecule has 0 fully saturated rings. The molecule has 0 radical (unpaired) electrons. The van der Waals surface area contributed by atoms with E-state index < -0.39 is 68.1 Å². The molecule has 30 heavy (non-hydrogen) atoms. The zero-order valence-electron chi connectivity index (χ0n) is 13.8. The highest BCUT2D eigenvalue weighted by Gasteiger charge is 2.45. The van der Waals surface area contributed by atoms with Gasteiger partial charge in [-0.25, -0.2) is 0 Å². The maximum absolute atomic E-state index is 10.7. The van der Waals surface area contributed by atoms with Crippen molar-refractivity contribution in [2.75, 3.05) is 13.2 Å². The Morgan fingerprint density at radius 3 is 0.933 bits per heavy atom. The van der Waals surface area contributed by atoms with E-state index >= 15 is 0 Å². The van der Waals surface area contributed by atoms with Crippen molar-refractivity contribution < 1.29 is 59.5 Å². The first-order valence-corrected chi connectivity index (χ1v) is 6.62. The lowest BCUT2D eigenvalue weighted by atomic mass is 10.0. The quantitative estimate of drug-likeness (QED) is 0.165. The second kappa shape index (κ2) is 11.8. The molecular formula is C6H8N6O18. The van der Waals surface area contributed by atoms with Crippen molar-refractivity contribution >= 4 is 0 Å². The van der Waals surface area contributed by atoms with Crippen LogP contribution in [-0.4, -0.2) is 68.1 Å². The topological polar surface area (TPSA) is 314 Å². The van der Waals surface area contributed by atoms with Gasteiger partial charge < -0.3 is 29.0 Å². The molecule has 0 aliphatic carbocycles. The monoisotopic (exact) mass is 452 g/mol. The smallest absolute Gasteiger partial charge is 0.294 e. The standard InChI is InChI=1S/C6H8N6O18/c13-7(14)25-1-3(27-9(17)18)5(29-11(21)22)6(30-12(23)24)4(28-10(19)20)2-26-8(15)16/h3-6H,1-2H2/t3-,4-,5-,6-/m1/s1. The van der Waals surface area contributed by atoms with E-state index in [-0.39, 0.29) is 0 Å². The van der Waals surface area contributed by atoms with Crippen LogP contribution < -0.4 is 0 Å². The lowest BCUT2D eigenvalue weighted by Crippen LogP contribution is -2.54. The largest absolute Gasteiger partial charge is 0.311 e. The van der Waals surface area contributed by atoms with Gasteiger partial charge in [-0.05, 0) is 0 Å². The van der Waals surface area contributed by atoms with Gasteiger partial charge in [0.05, 0.1) is 0 Å². The summed E-state index contributed by atoms with van der Waals surface area (Å²) in [6, 6.07) is 0. The van der Waals surface area contributed by atoms with Gasteiger partial charge in [-0.15, -0.1) is 60.7 Å². The Morgan fingerprint density at radius 2 is 0.733 bits per heavy atom. The molecule has 0 N–H and O–H groups in total. The molecule has 0 bridgehead atoms. The number of hydrogen-bond donors (Lipinski definition) is 0. The van der Waals surface area contributed by atoms with Crippen molar-refractivity contribution in [1.82, 2.24) is 0 Å². The summed E-state index contributed by atoms with van der Waals surface area (Å²) in [5.41, 5.74) is 0. The molecule has 24 heteroatoms. The fourth-order valence-corrected chi connectivity index (χ4v) is 1.74. The second-order valence-electron chi connectivity index (χ2n) is 4.36. The molecule has 0 aromatic heterocycles. The highest BCUT2D eigenvalue weighted by molar-refractivity contribution is 4.83. The summed E-state index contributed by atoms with van der Waals surface area (Å²) in [4.78, 5) is 86.0. The van der Waals surface area contributed by atoms with Crippen molar-refractivity contribution in [3.8, 4) is 0 Å². The lowest BCUT2D eigenvalue weighted by molar-refractivity contribution is -0.834. The fourth-order valence-electron chi connectivity index (χ4n) is 1.74. The van der Waals surface area contributed by atoms with E-state index in [9.17, 15) is 60.7 Å². The van der Waals surface area contributed by atoms with Gasteiger partial charge >= 0.3 is 0 Å². The van der Waals surface area contributed by atoms with Crippen LogP contribution in [0.25, 0.3) is 0 Å². The van der Waals surface area contributed by atoms with Crippen molar-refractivity contribution in [3.05, 3.63) is 60.7 Å². The summed E-state index contributed by atoms with van der Waals surface area (Å²) in [6.07, 6.45) is -10.7. The van der Waals surface area contributed by atoms with E-state index in [0.717, 1.165) is 0 Å². The summed E-state index contributed by atoms with van der Waals surface area (Å²) < 4.78 is 0. The van der Waals surface area contributed by atoms with Gasteiger partial charge in [0.2, 0.25) is 0 Å². The molecule has 0 amide bonds. The van der Waals surface area contributed by atoms with Gasteiger partial charge in [0, 0.05) is 0 Å². The zero-order chi connectivity index (χ0) is 23.4. The Labute approximate surface area is 159 Å². The molecule has 0 aromatic carbocycles. The second-order valence-corrected chi connectivity index (χ2v) is 4.36. The minimum absolute atomic E-state index is 1.55. The molecule has 0 unspecified atom stereocenters. The third-order valence-electron chi connectivity index (χ3n) is 2.60. The van der Waals surface area contributed by atoms with Crippen LogP contribution in [0, 0.1) is 60.7 Å². The van der Waals surface area contributed by atoms with Gasteiger partial charge in [0.1, 0.15) is 13.2 Å². The number of hydrogen-bond acceptors (Lipinski definition) is 18. The van der Waals surface area contributed by atoms with Crippen LogP contribution in [0.3, 0.4) is 0 Å². The van der Waals surface area contributed by atoms with E-state index in [0.29, 0.717) is 0 Å². The van der Waals surface area contributed by atoms with Crippen molar-refractivity contribution in [2.45, 2.75) is 24.4 Å². The highest BCUT2D eigenvalue weighted by Crippen LogP contribution is 2.20. The van der Waals surface area contributed by atoms with Crippen molar-refractivity contribution in [3.63, 3.8) is 0 Å². The van der Waals surface area contributed by atoms with Crippen LogP contribution in [0.15, 0.2) is 0 Å². The Morgan fingerprint density at radius 1 is 0.467 bits per heavy atom. The average Bonchev–Trinajstić information content (AvgIpc) is 2.57. The maximum atomic E-state index is 10.7. The van der Waals surface area contributed by atoms with E-state index in [4.69, 9.17) is 0 Å². The van der Waals surface area contributed by atoms with Crippen LogP contribution in [0.4, 0.5) is 0 Å². The molecule has 0 rings (SSSR count). The first-order valence-electron chi connectivity index (χ1n) is 6.62. The molecule has 0 aliphatic rings. The van der Waals surface area contributed by atoms with Gasteiger partial charge in [-0.1, -0.05) is 0 Å². The normalized spacial score (nSPS) is 14.0. The van der Waals surface area contributed by atoms with Crippen molar-refractivity contribution in [2.24, 2.45) is 0 Å². The molecule has 0 spiro atoms. The summed E-state index contributed by atoms with van der Waals surface area (Å²) in [7, 11) is 0. The molecule has 4 atom stereocenters. The van der Waals surface area contributed by atoms with Gasteiger partial charge in [0.25, 0.3) is 30.5 Å². The zero-order valence-corrected chi connectivity index (χ0v) is 13.8. The molecule has 0 aliphatic heterocycles. The van der Waals surface area contributed by atoms with Gasteiger partial charge in [-0.3, -0.25) is 0 Å². The van der Waals surface area contributed by atoms with Gasteiger partial charge in [-0.2, -0.15) is 0 Å². The van der Waals surface area contributed by atoms with Crippen LogP contribution >= 0.6 is 0 Å². The third-order valence-corrected chi connectivity index (χ3v) is 2.60. The Balaban J connectivity index is 6.19. The lowest BCUT2D eigenvalue weighted by Gasteiger charge is -2.31. The predicted octanol–water partition coefficient (Wildman–Crippen LogP) is -2.29. The Kier molecular flexibility index (Phi) is 9.93. The van der Waals surface area contributed by atoms with E-state index in [1.54, 1.807) is 0 Å². The summed E-state index contributed by atoms with van der Waals surface area (Å²) in [6.45, 7) is -3.10. The first-order chi connectivity index (χ1) is 13.8. The molecule has 0 saturated carbocycles. The predicted molar refractivity (Wildman–Crippen MR) is 73.4 cm³/mol. The maximum Gasteiger partial charge on any atom is 0.294 e. The van der Waals surface area contributed by atoms with E-state index in [1.807, 2.05) is 0 Å². The summed E-state index contributed by atoms with van der Waals surface area (Å²) >= 11 is 0. The molecular weight excluding hydrogens is 444 g/mol. The molecule has 0 aromatic rings. The van der Waals surface area contributed by atoms with Crippen LogP contribution in [0.1, 0.15) is 0 Å². The molecule has 24 nitrogen and oxygen atoms in total. The van der Waals surface area contributed by atoms with Crippen LogP contribution in [-0.2, 0) is 29.0 Å². The molecule has 170 valence electrons. The Hall–Kier alpha value is -4.80. The van der Waals surface area contributed by atoms with Gasteiger partial charge in [0.15, 0.2) is 24.4 Å². The minimum Gasteiger partial charge on any atom is -0.311 e. The van der Waals surface area contributed by atoms with Crippen LogP contribution in [0.5, 0.6) is 0 Å². The van der Waals surface area contributed by atoms with Crippen LogP contribution in [0.2, 0.25) is 0 Å². The fraction of sp³-hybridized carbons (Fsp3) is 1.00. The van der Waals surface area contributed by atoms with E-state index in [1.165, 1.54) is 0 Å². The Bertz CT molecular complexity index is 612. The summed E-state index contributed by atoms with van der Waals surface area (Å²) in [5.74, 6) is 0. The highest BCUT2D eigenvalue weighted by atomic mass is 17.0. The molecule has 0 saturated heterocycles. The summed E-state index contributed by atoms with van der Waals surface area (Å²) in [5, 5.41) is 53.1. The third kappa shape index (κ3) is 10.4. The van der Waals surface area contributed by atoms with Crippen molar-refractivity contribution in [1.29, 1.82) is 0 Å². The first kappa shape index (κ1) is 25.2. The minimum atomic E-state index is -2.78. The van der Waals surface area contributed by atoms with E-state index in [2.05, 4.69) is 29.0 Å². The SMILES string of the molecule is O=[N+]([O-])OC[C@@H](O[N+](=O)[O-])[C@@H](O[N+](=O)[O-])[C@H](O[N+](=O)[O-])[C@@H](CO[N+](=O)[O-])O[N+](=O)[O-]. The molecule has 0 heterocycles. The number of nitrogens with zero attached hydrogens (tertiary/aromatic N) is 6.